The molecule has 3 aromatic heterocycles. The molecule has 0 aromatic carbocycles. The third kappa shape index (κ3) is 3.50. The van der Waals surface area contributed by atoms with Crippen molar-refractivity contribution in [2.24, 2.45) is 0 Å². The Labute approximate surface area is 134 Å². The van der Waals surface area contributed by atoms with E-state index < -0.39 is 0 Å². The van der Waals surface area contributed by atoms with Gasteiger partial charge in [0.1, 0.15) is 11.6 Å². The summed E-state index contributed by atoms with van der Waals surface area (Å²) in [5, 5.41) is 4.00. The lowest BCUT2D eigenvalue weighted by molar-refractivity contribution is 0.378. The van der Waals surface area contributed by atoms with Gasteiger partial charge in [0.15, 0.2) is 0 Å². The van der Waals surface area contributed by atoms with Gasteiger partial charge < -0.3 is 9.42 Å². The Morgan fingerprint density at radius 3 is 2.83 bits per heavy atom. The summed E-state index contributed by atoms with van der Waals surface area (Å²) < 4.78 is 5.32. The standard InChI is InChI=1S/C16H18N6O/c1-4-13-8-14(19-11(2)18-13)22(3)10-15-20-16(21-23-15)12-6-5-7-17-9-12/h5-9H,4,10H2,1-3H3. The van der Waals surface area contributed by atoms with Crippen molar-refractivity contribution in [3.63, 3.8) is 0 Å². The Morgan fingerprint density at radius 2 is 2.09 bits per heavy atom. The summed E-state index contributed by atoms with van der Waals surface area (Å²) in [6, 6.07) is 5.71. The second kappa shape index (κ2) is 6.51. The van der Waals surface area contributed by atoms with Crippen LogP contribution in [-0.2, 0) is 13.0 Å². The van der Waals surface area contributed by atoms with Crippen LogP contribution in [0.15, 0.2) is 35.1 Å². The van der Waals surface area contributed by atoms with Crippen molar-refractivity contribution in [2.45, 2.75) is 26.8 Å². The molecular formula is C16H18N6O. The first-order chi connectivity index (χ1) is 11.2. The van der Waals surface area contributed by atoms with Crippen LogP contribution in [0.2, 0.25) is 0 Å². The van der Waals surface area contributed by atoms with Crippen molar-refractivity contribution < 1.29 is 4.52 Å². The minimum atomic E-state index is 0.479. The van der Waals surface area contributed by atoms with Crippen LogP contribution in [0.1, 0.15) is 24.3 Å². The van der Waals surface area contributed by atoms with E-state index in [2.05, 4.69) is 32.0 Å². The summed E-state index contributed by atoms with van der Waals surface area (Å²) in [7, 11) is 1.94. The van der Waals surface area contributed by atoms with Crippen molar-refractivity contribution in [3.8, 4) is 11.4 Å². The van der Waals surface area contributed by atoms with Crippen LogP contribution < -0.4 is 4.90 Å². The largest absolute Gasteiger partial charge is 0.350 e. The first-order valence-corrected chi connectivity index (χ1v) is 7.44. The highest BCUT2D eigenvalue weighted by atomic mass is 16.5. The molecule has 7 nitrogen and oxygen atoms in total. The maximum atomic E-state index is 5.32. The smallest absolute Gasteiger partial charge is 0.246 e. The molecule has 0 saturated carbocycles. The molecule has 0 aliphatic rings. The molecule has 0 amide bonds. The zero-order valence-electron chi connectivity index (χ0n) is 13.4. The lowest BCUT2D eigenvalue weighted by atomic mass is 10.3. The maximum absolute atomic E-state index is 5.32. The van der Waals surface area contributed by atoms with Crippen molar-refractivity contribution >= 4 is 5.82 Å². The van der Waals surface area contributed by atoms with Crippen LogP contribution >= 0.6 is 0 Å². The van der Waals surface area contributed by atoms with E-state index in [9.17, 15) is 0 Å². The summed E-state index contributed by atoms with van der Waals surface area (Å²) in [6.07, 6.45) is 4.29. The average molecular weight is 310 g/mol. The lowest BCUT2D eigenvalue weighted by Crippen LogP contribution is -2.19. The molecule has 0 saturated heterocycles. The number of hydrogen-bond acceptors (Lipinski definition) is 7. The number of aryl methyl sites for hydroxylation is 2. The third-order valence-electron chi connectivity index (χ3n) is 3.39. The van der Waals surface area contributed by atoms with Crippen LogP contribution in [-0.4, -0.2) is 32.1 Å². The molecule has 0 N–H and O–H groups in total. The van der Waals surface area contributed by atoms with Gasteiger partial charge in [-0.15, -0.1) is 0 Å². The molecule has 118 valence electrons. The summed E-state index contributed by atoms with van der Waals surface area (Å²) in [4.78, 5) is 19.3. The molecule has 3 heterocycles. The summed E-state index contributed by atoms with van der Waals surface area (Å²) in [5.41, 5.74) is 1.84. The monoisotopic (exact) mass is 310 g/mol. The van der Waals surface area contributed by atoms with Gasteiger partial charge in [-0.05, 0) is 25.5 Å². The zero-order valence-corrected chi connectivity index (χ0v) is 13.4. The van der Waals surface area contributed by atoms with Gasteiger partial charge in [0.05, 0.1) is 6.54 Å². The fraction of sp³-hybridized carbons (Fsp3) is 0.312. The molecular weight excluding hydrogens is 292 g/mol. The van der Waals surface area contributed by atoms with Crippen LogP contribution in [0.3, 0.4) is 0 Å². The lowest BCUT2D eigenvalue weighted by Gasteiger charge is -2.16. The first-order valence-electron chi connectivity index (χ1n) is 7.44. The molecule has 0 fully saturated rings. The highest BCUT2D eigenvalue weighted by Crippen LogP contribution is 2.17. The Balaban J connectivity index is 1.77. The normalized spacial score (nSPS) is 10.7. The number of aromatic nitrogens is 5. The molecule has 0 unspecified atom stereocenters. The summed E-state index contributed by atoms with van der Waals surface area (Å²) in [6.45, 7) is 4.44. The van der Waals surface area contributed by atoms with E-state index in [-0.39, 0.29) is 0 Å². The fourth-order valence-electron chi connectivity index (χ4n) is 2.20. The van der Waals surface area contributed by atoms with Crippen molar-refractivity contribution in [1.82, 2.24) is 25.1 Å². The fourth-order valence-corrected chi connectivity index (χ4v) is 2.20. The molecule has 0 bridgehead atoms. The summed E-state index contributed by atoms with van der Waals surface area (Å²) >= 11 is 0. The first kappa shape index (κ1) is 15.1. The Bertz CT molecular complexity index is 786. The Hall–Kier alpha value is -2.83. The molecule has 0 atom stereocenters. The SMILES string of the molecule is CCc1cc(N(C)Cc2nc(-c3cccnc3)no2)nc(C)n1. The molecule has 0 aliphatic carbocycles. The van der Waals surface area contributed by atoms with E-state index in [0.29, 0.717) is 18.3 Å². The van der Waals surface area contributed by atoms with Crippen molar-refractivity contribution in [1.29, 1.82) is 0 Å². The van der Waals surface area contributed by atoms with Crippen molar-refractivity contribution in [3.05, 3.63) is 48.0 Å². The topological polar surface area (TPSA) is 80.8 Å². The van der Waals surface area contributed by atoms with Crippen LogP contribution in [0, 0.1) is 6.92 Å². The minimum Gasteiger partial charge on any atom is -0.350 e. The van der Waals surface area contributed by atoms with Gasteiger partial charge in [0.2, 0.25) is 11.7 Å². The number of anilines is 1. The van der Waals surface area contributed by atoms with Gasteiger partial charge in [-0.2, -0.15) is 4.98 Å². The van der Waals surface area contributed by atoms with E-state index >= 15 is 0 Å². The van der Waals surface area contributed by atoms with E-state index in [1.54, 1.807) is 12.4 Å². The van der Waals surface area contributed by atoms with Gasteiger partial charge in [0, 0.05) is 36.8 Å². The van der Waals surface area contributed by atoms with Crippen molar-refractivity contribution in [2.75, 3.05) is 11.9 Å². The molecule has 23 heavy (non-hydrogen) atoms. The van der Waals surface area contributed by atoms with E-state index in [4.69, 9.17) is 4.52 Å². The van der Waals surface area contributed by atoms with Gasteiger partial charge in [-0.1, -0.05) is 12.1 Å². The van der Waals surface area contributed by atoms with Crippen LogP contribution in [0.4, 0.5) is 5.82 Å². The second-order valence-electron chi connectivity index (χ2n) is 5.23. The third-order valence-corrected chi connectivity index (χ3v) is 3.39. The minimum absolute atomic E-state index is 0.479. The predicted molar refractivity (Wildman–Crippen MR) is 85.8 cm³/mol. The van der Waals surface area contributed by atoms with Gasteiger partial charge >= 0.3 is 0 Å². The molecule has 0 radical (unpaired) electrons. The Morgan fingerprint density at radius 1 is 1.22 bits per heavy atom. The predicted octanol–water partition coefficient (Wildman–Crippen LogP) is 2.43. The Kier molecular flexibility index (Phi) is 4.27. The molecule has 0 aliphatic heterocycles. The number of pyridine rings is 1. The van der Waals surface area contributed by atoms with Gasteiger partial charge in [0.25, 0.3) is 0 Å². The average Bonchev–Trinajstić information content (AvgIpc) is 3.03. The highest BCUT2D eigenvalue weighted by Gasteiger charge is 2.13. The molecule has 3 aromatic rings. The van der Waals surface area contributed by atoms with Gasteiger partial charge in [-0.3, -0.25) is 4.98 Å². The number of rotatable bonds is 5. The van der Waals surface area contributed by atoms with Gasteiger partial charge in [-0.25, -0.2) is 9.97 Å². The van der Waals surface area contributed by atoms with E-state index in [1.165, 1.54) is 0 Å². The quantitative estimate of drug-likeness (QED) is 0.716. The van der Waals surface area contributed by atoms with Crippen LogP contribution in [0.25, 0.3) is 11.4 Å². The summed E-state index contributed by atoms with van der Waals surface area (Å²) in [5.74, 6) is 2.67. The number of nitrogens with zero attached hydrogens (tertiary/aromatic N) is 6. The number of hydrogen-bond donors (Lipinski definition) is 0. The van der Waals surface area contributed by atoms with E-state index in [1.807, 2.05) is 37.1 Å². The molecule has 7 heteroatoms. The molecule has 0 spiro atoms. The van der Waals surface area contributed by atoms with E-state index in [0.717, 1.165) is 29.3 Å². The highest BCUT2D eigenvalue weighted by molar-refractivity contribution is 5.52. The second-order valence-corrected chi connectivity index (χ2v) is 5.23. The zero-order chi connectivity index (χ0) is 16.2. The molecule has 3 rings (SSSR count). The van der Waals surface area contributed by atoms with Crippen LogP contribution in [0.5, 0.6) is 0 Å². The maximum Gasteiger partial charge on any atom is 0.246 e.